The summed E-state index contributed by atoms with van der Waals surface area (Å²) in [6, 6.07) is 4.88. The molecule has 1 fully saturated rings. The molecule has 0 atom stereocenters. The van der Waals surface area contributed by atoms with Crippen molar-refractivity contribution in [2.75, 3.05) is 13.1 Å². The molecule has 0 aliphatic carbocycles. The van der Waals surface area contributed by atoms with Gasteiger partial charge in [-0.3, -0.25) is 4.79 Å². The van der Waals surface area contributed by atoms with Crippen LogP contribution in [0.1, 0.15) is 24.8 Å². The van der Waals surface area contributed by atoms with Crippen LogP contribution in [0, 0.1) is 0 Å². The van der Waals surface area contributed by atoms with Crippen molar-refractivity contribution in [3.05, 3.63) is 33.7 Å². The molecular formula is C15H15ClN2O2S. The number of aromatic hydroxyl groups is 1. The monoisotopic (exact) mass is 322 g/mol. The highest BCUT2D eigenvalue weighted by atomic mass is 35.5. The van der Waals surface area contributed by atoms with Crippen molar-refractivity contribution >= 4 is 40.5 Å². The SMILES string of the molecule is O=C1N=C(N2CCCCC2)S/C1=C/c1ccc(O)c(Cl)c1. The standard InChI is InChI=1S/C15H15ClN2O2S/c16-11-8-10(4-5-12(11)19)9-13-14(20)17-15(21-13)18-6-2-1-3-7-18/h4-5,8-9,19H,1-3,6-7H2/b13-9+. The number of likely N-dealkylation sites (tertiary alicyclic amines) is 1. The van der Waals surface area contributed by atoms with Crippen LogP contribution in [0.15, 0.2) is 28.1 Å². The van der Waals surface area contributed by atoms with E-state index in [9.17, 15) is 9.90 Å². The second-order valence-electron chi connectivity index (χ2n) is 5.07. The van der Waals surface area contributed by atoms with Crippen molar-refractivity contribution in [2.45, 2.75) is 19.3 Å². The second kappa shape index (κ2) is 6.12. The molecule has 1 aromatic carbocycles. The average molecular weight is 323 g/mol. The fourth-order valence-corrected chi connectivity index (χ4v) is 3.54. The lowest BCUT2D eigenvalue weighted by Crippen LogP contribution is -2.33. The molecule has 0 spiro atoms. The Morgan fingerprint density at radius 3 is 2.76 bits per heavy atom. The lowest BCUT2D eigenvalue weighted by molar-refractivity contribution is -0.113. The number of rotatable bonds is 1. The quantitative estimate of drug-likeness (QED) is 0.804. The van der Waals surface area contributed by atoms with Gasteiger partial charge in [-0.2, -0.15) is 4.99 Å². The number of carbonyl (C=O) groups excluding carboxylic acids is 1. The van der Waals surface area contributed by atoms with Crippen LogP contribution in [0.5, 0.6) is 5.75 Å². The van der Waals surface area contributed by atoms with E-state index in [1.165, 1.54) is 24.2 Å². The number of benzene rings is 1. The van der Waals surface area contributed by atoms with E-state index in [1.54, 1.807) is 18.2 Å². The van der Waals surface area contributed by atoms with Gasteiger partial charge in [-0.15, -0.1) is 0 Å². The number of hydrogen-bond acceptors (Lipinski definition) is 4. The minimum Gasteiger partial charge on any atom is -0.506 e. The summed E-state index contributed by atoms with van der Waals surface area (Å²) in [6.45, 7) is 1.94. The first-order chi connectivity index (χ1) is 10.1. The minimum absolute atomic E-state index is 0.0365. The van der Waals surface area contributed by atoms with E-state index in [2.05, 4.69) is 9.89 Å². The second-order valence-corrected chi connectivity index (χ2v) is 6.49. The summed E-state index contributed by atoms with van der Waals surface area (Å²) in [6.07, 6.45) is 5.32. The third kappa shape index (κ3) is 3.24. The fourth-order valence-electron chi connectivity index (χ4n) is 2.38. The highest BCUT2D eigenvalue weighted by Gasteiger charge is 2.26. The fraction of sp³-hybridized carbons (Fsp3) is 0.333. The summed E-state index contributed by atoms with van der Waals surface area (Å²) in [4.78, 5) is 18.9. The van der Waals surface area contributed by atoms with E-state index >= 15 is 0 Å². The summed E-state index contributed by atoms with van der Waals surface area (Å²) in [5.41, 5.74) is 0.781. The van der Waals surface area contributed by atoms with E-state index in [0.29, 0.717) is 4.91 Å². The van der Waals surface area contributed by atoms with Gasteiger partial charge >= 0.3 is 0 Å². The van der Waals surface area contributed by atoms with Crippen molar-refractivity contribution in [3.8, 4) is 5.75 Å². The van der Waals surface area contributed by atoms with Crippen molar-refractivity contribution < 1.29 is 9.90 Å². The van der Waals surface area contributed by atoms with Gasteiger partial charge in [0.1, 0.15) is 5.75 Å². The summed E-state index contributed by atoms with van der Waals surface area (Å²) in [5.74, 6) is -0.167. The predicted octanol–water partition coefficient (Wildman–Crippen LogP) is 3.50. The van der Waals surface area contributed by atoms with Crippen LogP contribution in [-0.2, 0) is 4.79 Å². The summed E-state index contributed by atoms with van der Waals surface area (Å²) in [5, 5.41) is 10.5. The van der Waals surface area contributed by atoms with Crippen LogP contribution in [0.3, 0.4) is 0 Å². The Labute approximate surface area is 132 Å². The number of amidine groups is 1. The summed E-state index contributed by atoms with van der Waals surface area (Å²) >= 11 is 7.29. The van der Waals surface area contributed by atoms with Gasteiger partial charge < -0.3 is 10.0 Å². The molecule has 0 aromatic heterocycles. The number of nitrogens with zero attached hydrogens (tertiary/aromatic N) is 2. The predicted molar refractivity (Wildman–Crippen MR) is 86.6 cm³/mol. The minimum atomic E-state index is -0.204. The topological polar surface area (TPSA) is 52.9 Å². The molecular weight excluding hydrogens is 308 g/mol. The zero-order chi connectivity index (χ0) is 14.8. The van der Waals surface area contributed by atoms with Crippen molar-refractivity contribution in [2.24, 2.45) is 4.99 Å². The maximum Gasteiger partial charge on any atom is 0.286 e. The first kappa shape index (κ1) is 14.5. The van der Waals surface area contributed by atoms with E-state index in [1.807, 2.05) is 0 Å². The Morgan fingerprint density at radius 1 is 1.29 bits per heavy atom. The Kier molecular flexibility index (Phi) is 4.22. The normalized spacial score (nSPS) is 21.0. The van der Waals surface area contributed by atoms with E-state index in [-0.39, 0.29) is 16.7 Å². The Balaban J connectivity index is 1.77. The van der Waals surface area contributed by atoms with Crippen molar-refractivity contribution in [1.29, 1.82) is 0 Å². The maximum atomic E-state index is 12.0. The third-order valence-corrected chi connectivity index (χ3v) is 4.85. The van der Waals surface area contributed by atoms with Gasteiger partial charge in [0, 0.05) is 13.1 Å². The molecule has 1 amide bonds. The molecule has 3 rings (SSSR count). The molecule has 0 radical (unpaired) electrons. The molecule has 1 N–H and O–H groups in total. The number of phenolic OH excluding ortho intramolecular Hbond substituents is 1. The molecule has 0 saturated carbocycles. The van der Waals surface area contributed by atoms with E-state index in [4.69, 9.17) is 11.6 Å². The first-order valence-corrected chi connectivity index (χ1v) is 8.09. The molecule has 2 aliphatic heterocycles. The van der Waals surface area contributed by atoms with Gasteiger partial charge in [-0.05, 0) is 54.8 Å². The number of piperidine rings is 1. The molecule has 1 saturated heterocycles. The molecule has 2 aliphatic rings. The van der Waals surface area contributed by atoms with Gasteiger partial charge in [0.05, 0.1) is 9.93 Å². The molecule has 1 aromatic rings. The van der Waals surface area contributed by atoms with Gasteiger partial charge in [-0.25, -0.2) is 0 Å². The third-order valence-electron chi connectivity index (χ3n) is 3.51. The Bertz CT molecular complexity index is 637. The molecule has 0 bridgehead atoms. The number of carbonyl (C=O) groups is 1. The molecule has 4 nitrogen and oxygen atoms in total. The highest BCUT2D eigenvalue weighted by molar-refractivity contribution is 8.18. The summed E-state index contributed by atoms with van der Waals surface area (Å²) in [7, 11) is 0. The van der Waals surface area contributed by atoms with Gasteiger partial charge in [0.2, 0.25) is 0 Å². The largest absolute Gasteiger partial charge is 0.506 e. The Hall–Kier alpha value is -1.46. The van der Waals surface area contributed by atoms with Crippen molar-refractivity contribution in [3.63, 3.8) is 0 Å². The first-order valence-electron chi connectivity index (χ1n) is 6.89. The zero-order valence-electron chi connectivity index (χ0n) is 11.4. The molecule has 0 unspecified atom stereocenters. The van der Waals surface area contributed by atoms with Crippen LogP contribution in [0.25, 0.3) is 6.08 Å². The van der Waals surface area contributed by atoms with Crippen LogP contribution in [0.2, 0.25) is 5.02 Å². The number of amides is 1. The Morgan fingerprint density at radius 2 is 2.05 bits per heavy atom. The zero-order valence-corrected chi connectivity index (χ0v) is 13.0. The van der Waals surface area contributed by atoms with E-state index < -0.39 is 0 Å². The number of phenols is 1. The molecule has 6 heteroatoms. The lowest BCUT2D eigenvalue weighted by Gasteiger charge is -2.27. The smallest absolute Gasteiger partial charge is 0.286 e. The number of halogens is 1. The van der Waals surface area contributed by atoms with E-state index in [0.717, 1.165) is 36.7 Å². The lowest BCUT2D eigenvalue weighted by atomic mass is 10.1. The van der Waals surface area contributed by atoms with Gasteiger partial charge in [0.25, 0.3) is 5.91 Å². The molecule has 2 heterocycles. The molecule has 110 valence electrons. The number of aliphatic imine (C=N–C) groups is 1. The van der Waals surface area contributed by atoms with Crippen LogP contribution < -0.4 is 0 Å². The van der Waals surface area contributed by atoms with Crippen LogP contribution in [0.4, 0.5) is 0 Å². The molecule has 21 heavy (non-hydrogen) atoms. The average Bonchev–Trinajstić information content (AvgIpc) is 2.85. The number of hydrogen-bond donors (Lipinski definition) is 1. The maximum absolute atomic E-state index is 12.0. The van der Waals surface area contributed by atoms with Crippen LogP contribution in [-0.4, -0.2) is 34.2 Å². The van der Waals surface area contributed by atoms with Crippen molar-refractivity contribution in [1.82, 2.24) is 4.90 Å². The van der Waals surface area contributed by atoms with Gasteiger partial charge in [-0.1, -0.05) is 17.7 Å². The van der Waals surface area contributed by atoms with Crippen LogP contribution >= 0.6 is 23.4 Å². The summed E-state index contributed by atoms with van der Waals surface area (Å²) < 4.78 is 0. The highest BCUT2D eigenvalue weighted by Crippen LogP contribution is 2.32. The van der Waals surface area contributed by atoms with Gasteiger partial charge in [0.15, 0.2) is 5.17 Å². The number of thioether (sulfide) groups is 1.